The van der Waals surface area contributed by atoms with Crippen molar-refractivity contribution in [3.63, 3.8) is 0 Å². The van der Waals surface area contributed by atoms with Crippen LogP contribution in [0.1, 0.15) is 59.2 Å². The molecule has 2 amide bonds. The molecule has 0 bridgehead atoms. The summed E-state index contributed by atoms with van der Waals surface area (Å²) in [6.07, 6.45) is 4.24. The maximum Gasteiger partial charge on any atom is 0.311 e. The summed E-state index contributed by atoms with van der Waals surface area (Å²) in [5.74, 6) is -0.722. The number of nitrogens with zero attached hydrogens (tertiary/aromatic N) is 1. The first-order valence-electron chi connectivity index (χ1n) is 11.3. The SMILES string of the molecule is O=C(CCC(=O)C1CCCC1)Oc1ccc(N2C(=O)c3cccc4cccc(c34)C2=O)cc1. The molecule has 3 aromatic carbocycles. The van der Waals surface area contributed by atoms with E-state index < -0.39 is 5.97 Å². The quantitative estimate of drug-likeness (QED) is 0.303. The molecule has 1 aliphatic carbocycles. The van der Waals surface area contributed by atoms with Crippen molar-refractivity contribution in [2.24, 2.45) is 5.92 Å². The number of carbonyl (C=O) groups excluding carboxylic acids is 4. The van der Waals surface area contributed by atoms with Crippen molar-refractivity contribution >= 4 is 40.0 Å². The van der Waals surface area contributed by atoms with Crippen LogP contribution in [0.15, 0.2) is 60.7 Å². The number of ketones is 1. The number of Topliss-reactive ketones (excluding diaryl/α,β-unsaturated/α-hetero) is 1. The largest absolute Gasteiger partial charge is 0.427 e. The highest BCUT2D eigenvalue weighted by Gasteiger charge is 2.33. The Bertz CT molecular complexity index is 1220. The van der Waals surface area contributed by atoms with Crippen LogP contribution in [0.25, 0.3) is 10.8 Å². The van der Waals surface area contributed by atoms with Crippen molar-refractivity contribution in [1.29, 1.82) is 0 Å². The van der Waals surface area contributed by atoms with Crippen LogP contribution in [0, 0.1) is 5.92 Å². The van der Waals surface area contributed by atoms with E-state index in [9.17, 15) is 19.2 Å². The van der Waals surface area contributed by atoms with Crippen molar-refractivity contribution < 1.29 is 23.9 Å². The zero-order valence-electron chi connectivity index (χ0n) is 18.1. The van der Waals surface area contributed by atoms with E-state index in [1.807, 2.05) is 12.1 Å². The highest BCUT2D eigenvalue weighted by Crippen LogP contribution is 2.33. The monoisotopic (exact) mass is 441 g/mol. The number of imide groups is 1. The number of carbonyl (C=O) groups is 4. The third-order valence-electron chi connectivity index (χ3n) is 6.48. The van der Waals surface area contributed by atoms with Crippen molar-refractivity contribution in [2.45, 2.75) is 38.5 Å². The highest BCUT2D eigenvalue weighted by atomic mass is 16.5. The summed E-state index contributed by atoms with van der Waals surface area (Å²) in [6.45, 7) is 0. The van der Waals surface area contributed by atoms with Crippen LogP contribution in [0.4, 0.5) is 5.69 Å². The topological polar surface area (TPSA) is 80.8 Å². The molecular weight excluding hydrogens is 418 g/mol. The van der Waals surface area contributed by atoms with Crippen LogP contribution in [0.2, 0.25) is 0 Å². The summed E-state index contributed by atoms with van der Waals surface area (Å²) >= 11 is 0. The molecule has 2 aliphatic rings. The van der Waals surface area contributed by atoms with Crippen molar-refractivity contribution in [3.05, 3.63) is 71.8 Å². The van der Waals surface area contributed by atoms with Gasteiger partial charge in [-0.25, -0.2) is 4.90 Å². The number of hydrogen-bond donors (Lipinski definition) is 0. The van der Waals surface area contributed by atoms with Crippen LogP contribution in [-0.2, 0) is 9.59 Å². The Balaban J connectivity index is 1.28. The van der Waals surface area contributed by atoms with Gasteiger partial charge in [-0.3, -0.25) is 19.2 Å². The number of amides is 2. The Morgan fingerprint density at radius 2 is 1.42 bits per heavy atom. The van der Waals surface area contributed by atoms with Gasteiger partial charge in [-0.2, -0.15) is 0 Å². The van der Waals surface area contributed by atoms with Gasteiger partial charge in [0.25, 0.3) is 11.8 Å². The number of esters is 1. The average Bonchev–Trinajstić information content (AvgIpc) is 3.37. The Labute approximate surface area is 191 Å². The van der Waals surface area contributed by atoms with Gasteiger partial charge in [0.1, 0.15) is 11.5 Å². The molecule has 0 N–H and O–H groups in total. The second-order valence-corrected chi connectivity index (χ2v) is 8.57. The fourth-order valence-corrected chi connectivity index (χ4v) is 4.79. The van der Waals surface area contributed by atoms with Gasteiger partial charge in [0.2, 0.25) is 0 Å². The van der Waals surface area contributed by atoms with Gasteiger partial charge in [0.05, 0.1) is 12.1 Å². The Morgan fingerprint density at radius 1 is 0.818 bits per heavy atom. The average molecular weight is 441 g/mol. The Kier molecular flexibility index (Phi) is 5.50. The van der Waals surface area contributed by atoms with E-state index in [1.165, 1.54) is 0 Å². The minimum Gasteiger partial charge on any atom is -0.427 e. The molecule has 0 atom stereocenters. The molecule has 5 rings (SSSR count). The van der Waals surface area contributed by atoms with Crippen molar-refractivity contribution in [2.75, 3.05) is 4.90 Å². The molecule has 166 valence electrons. The van der Waals surface area contributed by atoms with Crippen molar-refractivity contribution in [3.8, 4) is 5.75 Å². The number of hydrogen-bond acceptors (Lipinski definition) is 5. The lowest BCUT2D eigenvalue weighted by Gasteiger charge is -2.27. The molecule has 1 aliphatic heterocycles. The predicted octanol–water partition coefficient (Wildman–Crippen LogP) is 5.09. The number of ether oxygens (including phenoxy) is 1. The van der Waals surface area contributed by atoms with Gasteiger partial charge >= 0.3 is 5.97 Å². The molecule has 0 aromatic heterocycles. The summed E-state index contributed by atoms with van der Waals surface area (Å²) < 4.78 is 5.35. The fraction of sp³-hybridized carbons (Fsp3) is 0.259. The molecule has 0 radical (unpaired) electrons. The number of anilines is 1. The molecule has 1 heterocycles. The van der Waals surface area contributed by atoms with E-state index in [0.29, 0.717) is 28.0 Å². The van der Waals surface area contributed by atoms with Gasteiger partial charge in [0, 0.05) is 28.9 Å². The van der Waals surface area contributed by atoms with Crippen LogP contribution in [0.3, 0.4) is 0 Å². The van der Waals surface area contributed by atoms with Gasteiger partial charge in [0.15, 0.2) is 0 Å². The first-order chi connectivity index (χ1) is 16.0. The third-order valence-corrected chi connectivity index (χ3v) is 6.48. The summed E-state index contributed by atoms with van der Waals surface area (Å²) in [7, 11) is 0. The summed E-state index contributed by atoms with van der Waals surface area (Å²) in [6, 6.07) is 17.0. The van der Waals surface area contributed by atoms with E-state index >= 15 is 0 Å². The fourth-order valence-electron chi connectivity index (χ4n) is 4.79. The van der Waals surface area contributed by atoms with Crippen molar-refractivity contribution in [1.82, 2.24) is 0 Å². The van der Waals surface area contributed by atoms with Gasteiger partial charge in [-0.15, -0.1) is 0 Å². The normalized spacial score (nSPS) is 15.8. The second kappa shape index (κ2) is 8.62. The first kappa shape index (κ1) is 21.1. The molecule has 3 aromatic rings. The van der Waals surface area contributed by atoms with Crippen LogP contribution < -0.4 is 9.64 Å². The summed E-state index contributed by atoms with van der Waals surface area (Å²) in [4.78, 5) is 51.7. The molecule has 6 heteroatoms. The van der Waals surface area contributed by atoms with E-state index in [0.717, 1.165) is 36.0 Å². The van der Waals surface area contributed by atoms with Crippen LogP contribution >= 0.6 is 0 Å². The molecule has 1 saturated carbocycles. The summed E-state index contributed by atoms with van der Waals surface area (Å²) in [5.41, 5.74) is 1.35. The zero-order valence-corrected chi connectivity index (χ0v) is 18.1. The standard InChI is InChI=1S/C27H23NO5/c29-23(17-5-1-2-6-17)15-16-24(30)33-20-13-11-19(12-14-20)28-26(31)21-9-3-7-18-8-4-10-22(25(18)21)27(28)32/h3-4,7-14,17H,1-2,5-6,15-16H2. The number of rotatable bonds is 6. The van der Waals surface area contributed by atoms with E-state index in [4.69, 9.17) is 4.74 Å². The minimum atomic E-state index is -0.472. The Hall–Kier alpha value is -3.80. The maximum atomic E-state index is 13.1. The predicted molar refractivity (Wildman–Crippen MR) is 123 cm³/mol. The molecular formula is C27H23NO5. The van der Waals surface area contributed by atoms with Gasteiger partial charge < -0.3 is 4.74 Å². The molecule has 33 heavy (non-hydrogen) atoms. The van der Waals surface area contributed by atoms with Gasteiger partial charge in [-0.05, 0) is 54.6 Å². The molecule has 6 nitrogen and oxygen atoms in total. The maximum absolute atomic E-state index is 13.1. The van der Waals surface area contributed by atoms with Crippen LogP contribution in [-0.4, -0.2) is 23.6 Å². The zero-order chi connectivity index (χ0) is 22.9. The minimum absolute atomic E-state index is 0.0426. The van der Waals surface area contributed by atoms with Crippen LogP contribution in [0.5, 0.6) is 5.75 Å². The molecule has 0 spiro atoms. The molecule has 0 unspecified atom stereocenters. The molecule has 0 saturated heterocycles. The van der Waals surface area contributed by atoms with E-state index in [2.05, 4.69) is 0 Å². The highest BCUT2D eigenvalue weighted by molar-refractivity contribution is 6.35. The van der Waals surface area contributed by atoms with E-state index in [-0.39, 0.29) is 36.4 Å². The summed E-state index contributed by atoms with van der Waals surface area (Å²) in [5, 5.41) is 1.52. The van der Waals surface area contributed by atoms with E-state index in [1.54, 1.807) is 48.5 Å². The number of benzene rings is 3. The second-order valence-electron chi connectivity index (χ2n) is 8.57. The van der Waals surface area contributed by atoms with Gasteiger partial charge in [-0.1, -0.05) is 37.1 Å². The lowest BCUT2D eigenvalue weighted by molar-refractivity contribution is -0.136. The lowest BCUT2D eigenvalue weighted by Crippen LogP contribution is -2.40. The smallest absolute Gasteiger partial charge is 0.311 e. The lowest BCUT2D eigenvalue weighted by atomic mass is 9.94. The molecule has 1 fully saturated rings. The first-order valence-corrected chi connectivity index (χ1v) is 11.3. The third kappa shape index (κ3) is 3.93. The Morgan fingerprint density at radius 3 is 2.03 bits per heavy atom.